The molecule has 0 spiro atoms. The van der Waals surface area contributed by atoms with Crippen LogP contribution in [0.5, 0.6) is 0 Å². The minimum Gasteiger partial charge on any atom is -0.440 e. The fraction of sp³-hybridized carbons (Fsp3) is 0.467. The van der Waals surface area contributed by atoms with Crippen LogP contribution in [-0.4, -0.2) is 16.9 Å². The summed E-state index contributed by atoms with van der Waals surface area (Å²) in [5, 5.41) is 2.85. The highest BCUT2D eigenvalue weighted by molar-refractivity contribution is 5.94. The van der Waals surface area contributed by atoms with E-state index in [4.69, 9.17) is 10.2 Å². The van der Waals surface area contributed by atoms with Crippen LogP contribution in [-0.2, 0) is 4.79 Å². The molecule has 5 nitrogen and oxygen atoms in total. The lowest BCUT2D eigenvalue weighted by molar-refractivity contribution is -0.119. The maximum atomic E-state index is 12.0. The number of hydrogen-bond donors (Lipinski definition) is 2. The maximum Gasteiger partial charge on any atom is 0.228 e. The summed E-state index contributed by atoms with van der Waals surface area (Å²) in [5.74, 6) is 0.604. The van der Waals surface area contributed by atoms with Gasteiger partial charge in [-0.25, -0.2) is 4.98 Å². The van der Waals surface area contributed by atoms with E-state index in [1.54, 1.807) is 0 Å². The van der Waals surface area contributed by atoms with Crippen molar-refractivity contribution in [2.24, 2.45) is 11.7 Å². The molecule has 1 heterocycles. The van der Waals surface area contributed by atoms with Gasteiger partial charge >= 0.3 is 0 Å². The second-order valence-electron chi connectivity index (χ2n) is 5.53. The minimum absolute atomic E-state index is 0.0908. The Labute approximate surface area is 118 Å². The zero-order valence-electron chi connectivity index (χ0n) is 12.3. The quantitative estimate of drug-likeness (QED) is 0.899. The summed E-state index contributed by atoms with van der Waals surface area (Å²) in [6.45, 7) is 7.68. The number of benzene rings is 1. The van der Waals surface area contributed by atoms with Gasteiger partial charge in [-0.1, -0.05) is 20.8 Å². The maximum absolute atomic E-state index is 12.0. The van der Waals surface area contributed by atoms with Gasteiger partial charge in [0.2, 0.25) is 5.91 Å². The normalized spacial score (nSPS) is 14.5. The van der Waals surface area contributed by atoms with Crippen LogP contribution in [0.1, 0.15) is 39.5 Å². The van der Waals surface area contributed by atoms with Gasteiger partial charge in [0.15, 0.2) is 11.5 Å². The van der Waals surface area contributed by atoms with Crippen LogP contribution in [0, 0.1) is 5.92 Å². The van der Waals surface area contributed by atoms with Crippen molar-refractivity contribution in [1.29, 1.82) is 0 Å². The number of anilines is 1. The van der Waals surface area contributed by atoms with Gasteiger partial charge in [0.05, 0.1) is 5.92 Å². The third-order valence-corrected chi connectivity index (χ3v) is 3.37. The van der Waals surface area contributed by atoms with Crippen LogP contribution in [0.15, 0.2) is 22.6 Å². The number of hydrogen-bond acceptors (Lipinski definition) is 4. The molecule has 0 aliphatic carbocycles. The second-order valence-corrected chi connectivity index (χ2v) is 5.53. The molecule has 108 valence electrons. The third-order valence-electron chi connectivity index (χ3n) is 3.37. The molecule has 20 heavy (non-hydrogen) atoms. The first-order valence-corrected chi connectivity index (χ1v) is 6.85. The van der Waals surface area contributed by atoms with Crippen molar-refractivity contribution in [3.63, 3.8) is 0 Å². The predicted molar refractivity (Wildman–Crippen MR) is 79.5 cm³/mol. The molecule has 2 atom stereocenters. The van der Waals surface area contributed by atoms with E-state index in [-0.39, 0.29) is 23.8 Å². The van der Waals surface area contributed by atoms with Crippen molar-refractivity contribution in [1.82, 2.24) is 4.98 Å². The first-order valence-electron chi connectivity index (χ1n) is 6.85. The number of nitrogens with one attached hydrogen (secondary N) is 1. The van der Waals surface area contributed by atoms with Crippen molar-refractivity contribution >= 4 is 22.7 Å². The Balaban J connectivity index is 2.21. The number of aromatic nitrogens is 1. The van der Waals surface area contributed by atoms with Gasteiger partial charge in [-0.05, 0) is 25.1 Å². The molecular formula is C15H21N3O2. The summed E-state index contributed by atoms with van der Waals surface area (Å²) in [6.07, 6.45) is 0. The fourth-order valence-corrected chi connectivity index (χ4v) is 1.76. The molecule has 1 aromatic carbocycles. The topological polar surface area (TPSA) is 81.2 Å². The molecule has 1 aromatic heterocycles. The highest BCUT2D eigenvalue weighted by Gasteiger charge is 2.17. The molecule has 0 aliphatic rings. The number of nitrogens with zero attached hydrogens (tertiary/aromatic N) is 1. The van der Waals surface area contributed by atoms with Gasteiger partial charge in [-0.2, -0.15) is 0 Å². The zero-order valence-corrected chi connectivity index (χ0v) is 12.3. The van der Waals surface area contributed by atoms with Crippen LogP contribution in [0.3, 0.4) is 0 Å². The molecule has 3 N–H and O–H groups in total. The predicted octanol–water partition coefficient (Wildman–Crippen LogP) is 2.87. The van der Waals surface area contributed by atoms with Crippen molar-refractivity contribution in [3.8, 4) is 0 Å². The summed E-state index contributed by atoms with van der Waals surface area (Å²) in [5.41, 5.74) is 7.92. The number of carbonyl (C=O) groups excluding carboxylic acids is 1. The molecule has 0 saturated heterocycles. The standard InChI is InChI=1S/C15H21N3O2/c1-8(2)15-18-12-7-11(5-6-13(12)20-15)17-14(19)9(3)10(4)16/h5-10H,16H2,1-4H3,(H,17,19). The number of amides is 1. The van der Waals surface area contributed by atoms with Gasteiger partial charge in [0, 0.05) is 17.6 Å². The lowest BCUT2D eigenvalue weighted by Gasteiger charge is -2.15. The molecule has 2 aromatic rings. The number of fused-ring (bicyclic) bond motifs is 1. The van der Waals surface area contributed by atoms with Crippen LogP contribution in [0.25, 0.3) is 11.1 Å². The summed E-state index contributed by atoms with van der Waals surface area (Å²) in [7, 11) is 0. The van der Waals surface area contributed by atoms with Gasteiger partial charge in [0.25, 0.3) is 0 Å². The summed E-state index contributed by atoms with van der Waals surface area (Å²) < 4.78 is 5.63. The van der Waals surface area contributed by atoms with Gasteiger partial charge < -0.3 is 15.5 Å². The molecule has 2 unspecified atom stereocenters. The van der Waals surface area contributed by atoms with E-state index < -0.39 is 0 Å². The zero-order chi connectivity index (χ0) is 14.9. The molecule has 0 bridgehead atoms. The smallest absolute Gasteiger partial charge is 0.228 e. The van der Waals surface area contributed by atoms with E-state index in [1.807, 2.05) is 45.9 Å². The van der Waals surface area contributed by atoms with Crippen molar-refractivity contribution in [3.05, 3.63) is 24.1 Å². The Hall–Kier alpha value is -1.88. The van der Waals surface area contributed by atoms with E-state index in [2.05, 4.69) is 10.3 Å². The van der Waals surface area contributed by atoms with Crippen molar-refractivity contribution in [2.45, 2.75) is 39.7 Å². The molecule has 0 radical (unpaired) electrons. The number of carbonyl (C=O) groups is 1. The number of rotatable bonds is 4. The lowest BCUT2D eigenvalue weighted by atomic mass is 10.0. The minimum atomic E-state index is -0.241. The van der Waals surface area contributed by atoms with E-state index in [1.165, 1.54) is 0 Å². The molecule has 0 saturated carbocycles. The molecule has 1 amide bonds. The lowest BCUT2D eigenvalue weighted by Crippen LogP contribution is -2.34. The first kappa shape index (κ1) is 14.5. The fourth-order valence-electron chi connectivity index (χ4n) is 1.76. The summed E-state index contributed by atoms with van der Waals surface area (Å²) >= 11 is 0. The van der Waals surface area contributed by atoms with Crippen molar-refractivity contribution < 1.29 is 9.21 Å². The summed E-state index contributed by atoms with van der Waals surface area (Å²) in [4.78, 5) is 16.4. The van der Waals surface area contributed by atoms with Crippen molar-refractivity contribution in [2.75, 3.05) is 5.32 Å². The monoisotopic (exact) mass is 275 g/mol. The Morgan fingerprint density at radius 2 is 2.00 bits per heavy atom. The average Bonchev–Trinajstić information content (AvgIpc) is 2.80. The Morgan fingerprint density at radius 1 is 1.30 bits per heavy atom. The number of nitrogens with two attached hydrogens (primary N) is 1. The molecule has 0 fully saturated rings. The highest BCUT2D eigenvalue weighted by atomic mass is 16.3. The van der Waals surface area contributed by atoms with E-state index in [0.29, 0.717) is 11.6 Å². The Morgan fingerprint density at radius 3 is 2.60 bits per heavy atom. The van der Waals surface area contributed by atoms with Gasteiger partial charge in [-0.3, -0.25) is 4.79 Å². The largest absolute Gasteiger partial charge is 0.440 e. The second kappa shape index (κ2) is 5.63. The molecular weight excluding hydrogens is 254 g/mol. The van der Waals surface area contributed by atoms with Crippen LogP contribution >= 0.6 is 0 Å². The Kier molecular flexibility index (Phi) is 4.09. The number of oxazole rings is 1. The van der Waals surface area contributed by atoms with Crippen LogP contribution in [0.4, 0.5) is 5.69 Å². The third kappa shape index (κ3) is 2.99. The highest BCUT2D eigenvalue weighted by Crippen LogP contribution is 2.24. The summed E-state index contributed by atoms with van der Waals surface area (Å²) in [6, 6.07) is 5.26. The SMILES string of the molecule is CC(C)c1nc2cc(NC(=O)C(C)C(C)N)ccc2o1. The molecule has 5 heteroatoms. The average molecular weight is 275 g/mol. The Bertz CT molecular complexity index is 617. The van der Waals surface area contributed by atoms with E-state index in [9.17, 15) is 4.79 Å². The van der Waals surface area contributed by atoms with E-state index >= 15 is 0 Å². The first-order chi connectivity index (χ1) is 9.38. The van der Waals surface area contributed by atoms with Crippen LogP contribution < -0.4 is 11.1 Å². The molecule has 0 aliphatic heterocycles. The van der Waals surface area contributed by atoms with E-state index in [0.717, 1.165) is 11.1 Å². The molecule has 2 rings (SSSR count). The van der Waals surface area contributed by atoms with Crippen LogP contribution in [0.2, 0.25) is 0 Å². The van der Waals surface area contributed by atoms with Gasteiger partial charge in [-0.15, -0.1) is 0 Å². The van der Waals surface area contributed by atoms with Gasteiger partial charge in [0.1, 0.15) is 5.52 Å².